The first-order valence-corrected chi connectivity index (χ1v) is 7.08. The van der Waals surface area contributed by atoms with Crippen LogP contribution in [-0.4, -0.2) is 36.8 Å². The molecule has 2 rings (SSSR count). The molecular weight excluding hydrogens is 282 g/mol. The number of methoxy groups -OCH3 is 2. The van der Waals surface area contributed by atoms with E-state index in [1.165, 1.54) is 17.3 Å². The number of halogens is 1. The summed E-state index contributed by atoms with van der Waals surface area (Å²) in [6.07, 6.45) is 4.63. The minimum absolute atomic E-state index is 0.199. The van der Waals surface area contributed by atoms with E-state index in [-0.39, 0.29) is 5.56 Å². The molecule has 0 radical (unpaired) electrons. The summed E-state index contributed by atoms with van der Waals surface area (Å²) in [6, 6.07) is 0. The highest BCUT2D eigenvalue weighted by molar-refractivity contribution is 6.32. The molecule has 0 atom stereocenters. The van der Waals surface area contributed by atoms with Crippen LogP contribution < -0.4 is 10.9 Å². The van der Waals surface area contributed by atoms with Gasteiger partial charge >= 0.3 is 0 Å². The summed E-state index contributed by atoms with van der Waals surface area (Å²) < 4.78 is 11.6. The fourth-order valence-corrected chi connectivity index (χ4v) is 2.32. The third-order valence-electron chi connectivity index (χ3n) is 3.62. The highest BCUT2D eigenvalue weighted by Gasteiger charge is 2.20. The summed E-state index contributed by atoms with van der Waals surface area (Å²) >= 11 is 6.04. The Bertz CT molecular complexity index is 498. The minimum Gasteiger partial charge on any atom is -0.374 e. The van der Waals surface area contributed by atoms with Gasteiger partial charge in [-0.15, -0.1) is 0 Å². The molecule has 1 heterocycles. The summed E-state index contributed by atoms with van der Waals surface area (Å²) in [6.45, 7) is 0.998. The van der Waals surface area contributed by atoms with Gasteiger partial charge in [0.1, 0.15) is 5.69 Å². The predicted molar refractivity (Wildman–Crippen MR) is 77.1 cm³/mol. The van der Waals surface area contributed by atoms with Gasteiger partial charge in [0.05, 0.1) is 17.8 Å². The van der Waals surface area contributed by atoms with Gasteiger partial charge in [0.2, 0.25) is 0 Å². The van der Waals surface area contributed by atoms with Crippen molar-refractivity contribution in [3.63, 3.8) is 0 Å². The fourth-order valence-electron chi connectivity index (χ4n) is 2.13. The van der Waals surface area contributed by atoms with Crippen LogP contribution in [0.2, 0.25) is 5.02 Å². The number of nitrogens with zero attached hydrogens (tertiary/aromatic N) is 2. The second kappa shape index (κ2) is 7.06. The minimum atomic E-state index is -0.432. The highest BCUT2D eigenvalue weighted by atomic mass is 35.5. The summed E-state index contributed by atoms with van der Waals surface area (Å²) in [4.78, 5) is 12.3. The lowest BCUT2D eigenvalue weighted by molar-refractivity contribution is -0.0914. The largest absolute Gasteiger partial charge is 0.374 e. The number of rotatable bonds is 7. The number of nitrogens with one attached hydrogen (secondary N) is 1. The molecule has 6 nitrogen and oxygen atoms in total. The predicted octanol–water partition coefficient (Wildman–Crippen LogP) is 1.73. The number of aromatic nitrogens is 2. The Morgan fingerprint density at radius 2 is 2.20 bits per heavy atom. The summed E-state index contributed by atoms with van der Waals surface area (Å²) in [5.74, 6) is 0.555. The fraction of sp³-hybridized carbons (Fsp3) is 0.692. The maximum atomic E-state index is 12.3. The Balaban J connectivity index is 2.10. The van der Waals surface area contributed by atoms with Gasteiger partial charge in [-0.1, -0.05) is 18.0 Å². The average molecular weight is 302 g/mol. The Morgan fingerprint density at radius 1 is 1.50 bits per heavy atom. The molecule has 1 aromatic heterocycles. The molecule has 1 aliphatic rings. The summed E-state index contributed by atoms with van der Waals surface area (Å²) in [7, 11) is 3.08. The third-order valence-corrected chi connectivity index (χ3v) is 3.91. The van der Waals surface area contributed by atoms with E-state index < -0.39 is 6.29 Å². The van der Waals surface area contributed by atoms with Crippen molar-refractivity contribution in [3.8, 4) is 0 Å². The third kappa shape index (κ3) is 3.50. The summed E-state index contributed by atoms with van der Waals surface area (Å²) in [5, 5.41) is 7.39. The van der Waals surface area contributed by atoms with Crippen molar-refractivity contribution in [2.24, 2.45) is 5.92 Å². The van der Waals surface area contributed by atoms with Crippen LogP contribution >= 0.6 is 11.6 Å². The van der Waals surface area contributed by atoms with Crippen molar-refractivity contribution in [1.29, 1.82) is 0 Å². The molecule has 0 spiro atoms. The van der Waals surface area contributed by atoms with E-state index in [2.05, 4.69) is 10.4 Å². The SMILES string of the molecule is COC(CNc1c(Cl)cnn(CC2CCC2)c1=O)OC. The normalized spacial score (nSPS) is 15.4. The Labute approximate surface area is 123 Å². The van der Waals surface area contributed by atoms with Crippen LogP contribution in [0.1, 0.15) is 19.3 Å². The van der Waals surface area contributed by atoms with Crippen molar-refractivity contribution in [2.75, 3.05) is 26.1 Å². The van der Waals surface area contributed by atoms with Crippen molar-refractivity contribution in [1.82, 2.24) is 9.78 Å². The average Bonchev–Trinajstić information content (AvgIpc) is 2.40. The van der Waals surface area contributed by atoms with Gasteiger partial charge in [-0.25, -0.2) is 4.68 Å². The zero-order valence-corrected chi connectivity index (χ0v) is 12.5. The van der Waals surface area contributed by atoms with E-state index in [4.69, 9.17) is 21.1 Å². The number of anilines is 1. The smallest absolute Gasteiger partial charge is 0.291 e. The van der Waals surface area contributed by atoms with Gasteiger partial charge in [0.25, 0.3) is 5.56 Å². The molecule has 1 saturated carbocycles. The molecule has 112 valence electrons. The maximum Gasteiger partial charge on any atom is 0.291 e. The summed E-state index contributed by atoms with van der Waals surface area (Å²) in [5.41, 5.74) is 0.149. The van der Waals surface area contributed by atoms with Crippen LogP contribution in [0.5, 0.6) is 0 Å². The molecule has 0 bridgehead atoms. The molecule has 1 aromatic rings. The van der Waals surface area contributed by atoms with Gasteiger partial charge in [-0.3, -0.25) is 4.79 Å². The van der Waals surface area contributed by atoms with E-state index in [0.717, 1.165) is 12.8 Å². The second-order valence-corrected chi connectivity index (χ2v) is 5.34. The van der Waals surface area contributed by atoms with Crippen molar-refractivity contribution in [3.05, 3.63) is 21.6 Å². The van der Waals surface area contributed by atoms with Gasteiger partial charge in [0.15, 0.2) is 6.29 Å². The Hall–Kier alpha value is -1.11. The molecule has 0 unspecified atom stereocenters. The molecule has 0 amide bonds. The molecule has 0 aliphatic heterocycles. The lowest BCUT2D eigenvalue weighted by atomic mass is 9.85. The molecule has 0 saturated heterocycles. The lowest BCUT2D eigenvalue weighted by Gasteiger charge is -2.25. The molecule has 0 aromatic carbocycles. The zero-order chi connectivity index (χ0) is 14.5. The molecule has 1 aliphatic carbocycles. The first kappa shape index (κ1) is 15.3. The van der Waals surface area contributed by atoms with E-state index in [0.29, 0.717) is 29.7 Å². The highest BCUT2D eigenvalue weighted by Crippen LogP contribution is 2.27. The van der Waals surface area contributed by atoms with E-state index in [1.807, 2.05) is 0 Å². The Morgan fingerprint density at radius 3 is 2.75 bits per heavy atom. The number of ether oxygens (including phenoxy) is 2. The van der Waals surface area contributed by atoms with Crippen LogP contribution in [0, 0.1) is 5.92 Å². The van der Waals surface area contributed by atoms with E-state index in [9.17, 15) is 4.79 Å². The van der Waals surface area contributed by atoms with Crippen LogP contribution in [0.3, 0.4) is 0 Å². The first-order chi connectivity index (χ1) is 9.65. The maximum absolute atomic E-state index is 12.3. The Kier molecular flexibility index (Phi) is 5.39. The van der Waals surface area contributed by atoms with Gasteiger partial charge in [0, 0.05) is 20.8 Å². The van der Waals surface area contributed by atoms with E-state index in [1.54, 1.807) is 14.2 Å². The number of hydrogen-bond donors (Lipinski definition) is 1. The molecule has 1 N–H and O–H groups in total. The van der Waals surface area contributed by atoms with Crippen LogP contribution in [-0.2, 0) is 16.0 Å². The first-order valence-electron chi connectivity index (χ1n) is 6.70. The van der Waals surface area contributed by atoms with Crippen molar-refractivity contribution >= 4 is 17.3 Å². The monoisotopic (exact) mass is 301 g/mol. The number of hydrogen-bond acceptors (Lipinski definition) is 5. The molecule has 1 fully saturated rings. The zero-order valence-electron chi connectivity index (χ0n) is 11.8. The van der Waals surface area contributed by atoms with Crippen molar-refractivity contribution in [2.45, 2.75) is 32.1 Å². The van der Waals surface area contributed by atoms with Gasteiger partial charge in [-0.05, 0) is 18.8 Å². The lowest BCUT2D eigenvalue weighted by Crippen LogP contribution is -2.32. The standard InChI is InChI=1S/C13H20ClN3O3/c1-19-11(20-2)7-15-12-10(14)6-16-17(13(12)18)8-9-4-3-5-9/h6,9,11,15H,3-5,7-8H2,1-2H3. The quantitative estimate of drug-likeness (QED) is 0.777. The second-order valence-electron chi connectivity index (χ2n) is 4.93. The molecular formula is C13H20ClN3O3. The molecule has 7 heteroatoms. The van der Waals surface area contributed by atoms with Crippen LogP contribution in [0.15, 0.2) is 11.0 Å². The van der Waals surface area contributed by atoms with Crippen LogP contribution in [0.25, 0.3) is 0 Å². The molecule has 20 heavy (non-hydrogen) atoms. The van der Waals surface area contributed by atoms with Crippen molar-refractivity contribution < 1.29 is 9.47 Å². The van der Waals surface area contributed by atoms with Crippen LogP contribution in [0.4, 0.5) is 5.69 Å². The van der Waals surface area contributed by atoms with Gasteiger partial charge in [-0.2, -0.15) is 5.10 Å². The van der Waals surface area contributed by atoms with Gasteiger partial charge < -0.3 is 14.8 Å². The topological polar surface area (TPSA) is 65.4 Å². The van der Waals surface area contributed by atoms with E-state index >= 15 is 0 Å².